The molecule has 0 aromatic heterocycles. The summed E-state index contributed by atoms with van der Waals surface area (Å²) in [4.78, 5) is 10.8. The second-order valence-corrected chi connectivity index (χ2v) is 4.73. The fraction of sp³-hybridized carbons (Fsp3) is 0. The minimum atomic E-state index is -4.21. The number of hydrogen-bond acceptors (Lipinski definition) is 6. The normalized spacial score (nSPS) is 16.9. The SMILES string of the molecule is O=C1NN=C/C1=N/Nc1ccc(S(=O)(=O)O)cc1. The van der Waals surface area contributed by atoms with E-state index < -0.39 is 16.0 Å². The molecule has 0 saturated heterocycles. The Hall–Kier alpha value is -2.26. The molecule has 1 aromatic carbocycles. The van der Waals surface area contributed by atoms with Crippen LogP contribution in [0.3, 0.4) is 0 Å². The highest BCUT2D eigenvalue weighted by atomic mass is 32.2. The van der Waals surface area contributed by atoms with Crippen LogP contribution in [0.4, 0.5) is 5.69 Å². The molecule has 1 aliphatic heterocycles. The van der Waals surface area contributed by atoms with E-state index in [-0.39, 0.29) is 10.6 Å². The van der Waals surface area contributed by atoms with Crippen LogP contribution >= 0.6 is 0 Å². The molecule has 1 amide bonds. The molecule has 8 nitrogen and oxygen atoms in total. The summed E-state index contributed by atoms with van der Waals surface area (Å²) in [6.07, 6.45) is 1.25. The number of nitrogens with one attached hydrogen (secondary N) is 2. The Bertz CT molecular complexity index is 633. The molecule has 1 heterocycles. The Labute approximate surface area is 102 Å². The first-order valence-corrected chi connectivity index (χ1v) is 6.15. The smallest absolute Gasteiger partial charge is 0.282 e. The maximum absolute atomic E-state index is 11.1. The summed E-state index contributed by atoms with van der Waals surface area (Å²) in [5, 5.41) is 7.26. The fourth-order valence-electron chi connectivity index (χ4n) is 1.17. The van der Waals surface area contributed by atoms with Gasteiger partial charge in [0.2, 0.25) is 0 Å². The molecule has 0 fully saturated rings. The van der Waals surface area contributed by atoms with Gasteiger partial charge in [-0.3, -0.25) is 14.8 Å². The van der Waals surface area contributed by atoms with Gasteiger partial charge in [-0.05, 0) is 24.3 Å². The number of rotatable bonds is 3. The van der Waals surface area contributed by atoms with Gasteiger partial charge >= 0.3 is 0 Å². The number of amides is 1. The topological polar surface area (TPSA) is 120 Å². The lowest BCUT2D eigenvalue weighted by molar-refractivity contribution is -0.114. The predicted octanol–water partition coefficient (Wildman–Crippen LogP) is -0.183. The first-order chi connectivity index (χ1) is 8.47. The van der Waals surface area contributed by atoms with Gasteiger partial charge in [0, 0.05) is 0 Å². The third kappa shape index (κ3) is 2.70. The highest BCUT2D eigenvalue weighted by molar-refractivity contribution is 7.85. The highest BCUT2D eigenvalue weighted by Gasteiger charge is 2.13. The van der Waals surface area contributed by atoms with Crippen LogP contribution in [0.2, 0.25) is 0 Å². The lowest BCUT2D eigenvalue weighted by Gasteiger charge is -2.01. The zero-order valence-corrected chi connectivity index (χ0v) is 9.68. The second kappa shape index (κ2) is 4.55. The predicted molar refractivity (Wildman–Crippen MR) is 63.9 cm³/mol. The van der Waals surface area contributed by atoms with Crippen LogP contribution < -0.4 is 10.9 Å². The first-order valence-electron chi connectivity index (χ1n) is 4.71. The van der Waals surface area contributed by atoms with Crippen LogP contribution in [0.5, 0.6) is 0 Å². The summed E-state index contributed by atoms with van der Waals surface area (Å²) in [5.74, 6) is -0.433. The van der Waals surface area contributed by atoms with Gasteiger partial charge in [-0.15, -0.1) is 0 Å². The highest BCUT2D eigenvalue weighted by Crippen LogP contribution is 2.13. The molecular weight excluding hydrogens is 260 g/mol. The fourth-order valence-corrected chi connectivity index (χ4v) is 1.65. The van der Waals surface area contributed by atoms with E-state index in [4.69, 9.17) is 4.55 Å². The molecule has 0 saturated carbocycles. The van der Waals surface area contributed by atoms with E-state index in [0.717, 1.165) is 0 Å². The van der Waals surface area contributed by atoms with Gasteiger partial charge < -0.3 is 0 Å². The van der Waals surface area contributed by atoms with Crippen molar-refractivity contribution in [1.29, 1.82) is 0 Å². The maximum Gasteiger partial charge on any atom is 0.294 e. The number of hydrazone groups is 2. The molecule has 0 radical (unpaired) electrons. The summed E-state index contributed by atoms with van der Waals surface area (Å²) in [5.41, 5.74) is 5.30. The van der Waals surface area contributed by atoms with Crippen molar-refractivity contribution in [2.24, 2.45) is 10.2 Å². The lowest BCUT2D eigenvalue weighted by Crippen LogP contribution is -2.20. The zero-order chi connectivity index (χ0) is 13.2. The number of hydrogen-bond donors (Lipinski definition) is 3. The third-order valence-corrected chi connectivity index (χ3v) is 2.91. The summed E-state index contributed by atoms with van der Waals surface area (Å²) < 4.78 is 30.4. The Morgan fingerprint density at radius 3 is 2.44 bits per heavy atom. The van der Waals surface area contributed by atoms with Crippen molar-refractivity contribution in [2.75, 3.05) is 5.43 Å². The van der Waals surface area contributed by atoms with E-state index in [1.54, 1.807) is 0 Å². The maximum atomic E-state index is 11.1. The quantitative estimate of drug-likeness (QED) is 0.518. The first kappa shape index (κ1) is 12.2. The summed E-state index contributed by atoms with van der Waals surface area (Å²) in [6.45, 7) is 0. The number of carbonyl (C=O) groups excluding carboxylic acids is 1. The summed E-state index contributed by atoms with van der Waals surface area (Å²) >= 11 is 0. The van der Waals surface area contributed by atoms with Crippen LogP contribution in [0.1, 0.15) is 0 Å². The van der Waals surface area contributed by atoms with Gasteiger partial charge in [-0.2, -0.15) is 18.6 Å². The number of carbonyl (C=O) groups is 1. The van der Waals surface area contributed by atoms with E-state index >= 15 is 0 Å². The molecule has 0 aliphatic carbocycles. The van der Waals surface area contributed by atoms with E-state index in [2.05, 4.69) is 21.1 Å². The van der Waals surface area contributed by atoms with Crippen LogP contribution in [0.25, 0.3) is 0 Å². The van der Waals surface area contributed by atoms with E-state index in [1.807, 2.05) is 0 Å². The Balaban J connectivity index is 2.12. The second-order valence-electron chi connectivity index (χ2n) is 3.31. The van der Waals surface area contributed by atoms with Gasteiger partial charge in [0.25, 0.3) is 16.0 Å². The Morgan fingerprint density at radius 2 is 1.94 bits per heavy atom. The van der Waals surface area contributed by atoms with Crippen molar-refractivity contribution in [3.05, 3.63) is 24.3 Å². The van der Waals surface area contributed by atoms with Crippen molar-refractivity contribution < 1.29 is 17.8 Å². The van der Waals surface area contributed by atoms with Gasteiger partial charge in [0.1, 0.15) is 0 Å². The van der Waals surface area contributed by atoms with Crippen LogP contribution in [0.15, 0.2) is 39.4 Å². The largest absolute Gasteiger partial charge is 0.294 e. The van der Waals surface area contributed by atoms with Crippen molar-refractivity contribution in [3.63, 3.8) is 0 Å². The average Bonchev–Trinajstić information content (AvgIpc) is 2.72. The van der Waals surface area contributed by atoms with Gasteiger partial charge in [0.15, 0.2) is 5.71 Å². The summed E-state index contributed by atoms with van der Waals surface area (Å²) in [6, 6.07) is 5.22. The molecule has 9 heteroatoms. The van der Waals surface area contributed by atoms with Crippen molar-refractivity contribution >= 4 is 33.6 Å². The molecule has 0 bridgehead atoms. The Morgan fingerprint density at radius 1 is 1.28 bits per heavy atom. The molecule has 1 aliphatic rings. The van der Waals surface area contributed by atoms with Gasteiger partial charge in [-0.1, -0.05) is 0 Å². The van der Waals surface area contributed by atoms with Crippen LogP contribution in [-0.4, -0.2) is 30.8 Å². The lowest BCUT2D eigenvalue weighted by atomic mass is 10.3. The minimum absolute atomic E-state index is 0.105. The average molecular weight is 268 g/mol. The van der Waals surface area contributed by atoms with E-state index in [1.165, 1.54) is 30.5 Å². The van der Waals surface area contributed by atoms with E-state index in [9.17, 15) is 13.2 Å². The van der Waals surface area contributed by atoms with E-state index in [0.29, 0.717) is 5.69 Å². The molecular formula is C9H8N4O4S. The standard InChI is InChI=1S/C9H8N4O4S/c14-9-8(5-10-13-9)12-11-6-1-3-7(4-2-6)18(15,16)17/h1-5,11H,(H,12,13,14)(H,15,16,17). The number of anilines is 1. The number of nitrogens with zero attached hydrogens (tertiary/aromatic N) is 2. The number of benzene rings is 1. The van der Waals surface area contributed by atoms with Crippen molar-refractivity contribution in [3.8, 4) is 0 Å². The zero-order valence-electron chi connectivity index (χ0n) is 8.86. The molecule has 3 N–H and O–H groups in total. The molecule has 18 heavy (non-hydrogen) atoms. The molecule has 1 aromatic rings. The molecule has 0 spiro atoms. The summed E-state index contributed by atoms with van der Waals surface area (Å²) in [7, 11) is -4.21. The van der Waals surface area contributed by atoms with Gasteiger partial charge in [0.05, 0.1) is 16.8 Å². The molecule has 94 valence electrons. The van der Waals surface area contributed by atoms with Gasteiger partial charge in [-0.25, -0.2) is 5.43 Å². The molecule has 0 unspecified atom stereocenters. The molecule has 2 rings (SSSR count). The monoisotopic (exact) mass is 268 g/mol. The van der Waals surface area contributed by atoms with Crippen LogP contribution in [-0.2, 0) is 14.9 Å². The third-order valence-electron chi connectivity index (χ3n) is 2.04. The van der Waals surface area contributed by atoms with Crippen LogP contribution in [0, 0.1) is 0 Å². The van der Waals surface area contributed by atoms with Crippen molar-refractivity contribution in [1.82, 2.24) is 5.43 Å². The Kier molecular flexibility index (Phi) is 3.08. The van der Waals surface area contributed by atoms with Crippen molar-refractivity contribution in [2.45, 2.75) is 4.90 Å². The minimum Gasteiger partial charge on any atom is -0.282 e. The molecule has 0 atom stereocenters.